The molecule has 0 bridgehead atoms. The summed E-state index contributed by atoms with van der Waals surface area (Å²) in [4.78, 5) is 24.1. The summed E-state index contributed by atoms with van der Waals surface area (Å²) >= 11 is 11.7. The molecule has 7 heteroatoms. The molecule has 25 heavy (non-hydrogen) atoms. The van der Waals surface area contributed by atoms with Gasteiger partial charge in [-0.15, -0.1) is 0 Å². The number of rotatable bonds is 7. The highest BCUT2D eigenvalue weighted by Gasteiger charge is 2.20. The molecule has 2 aromatic carbocycles. The Morgan fingerprint density at radius 1 is 1.08 bits per heavy atom. The molecular weight excluding hydrogens is 367 g/mol. The van der Waals surface area contributed by atoms with E-state index in [9.17, 15) is 9.59 Å². The molecule has 0 spiro atoms. The van der Waals surface area contributed by atoms with Gasteiger partial charge in [-0.2, -0.15) is 0 Å². The maximum absolute atomic E-state index is 12.3. The third-order valence-corrected chi connectivity index (χ3v) is 3.82. The molecule has 0 aliphatic carbocycles. The zero-order valence-electron chi connectivity index (χ0n) is 13.6. The molecule has 0 N–H and O–H groups in total. The van der Waals surface area contributed by atoms with Crippen LogP contribution >= 0.6 is 23.2 Å². The third kappa shape index (κ3) is 5.37. The zero-order valence-corrected chi connectivity index (χ0v) is 15.1. The van der Waals surface area contributed by atoms with E-state index < -0.39 is 12.1 Å². The highest BCUT2D eigenvalue weighted by atomic mass is 35.5. The van der Waals surface area contributed by atoms with Crippen molar-refractivity contribution in [2.75, 3.05) is 13.7 Å². The first-order valence-corrected chi connectivity index (χ1v) is 8.12. The van der Waals surface area contributed by atoms with Crippen molar-refractivity contribution < 1.29 is 23.8 Å². The van der Waals surface area contributed by atoms with Gasteiger partial charge < -0.3 is 14.2 Å². The Kier molecular flexibility index (Phi) is 6.67. The summed E-state index contributed by atoms with van der Waals surface area (Å²) in [5.41, 5.74) is 0.419. The summed E-state index contributed by atoms with van der Waals surface area (Å²) in [5, 5.41) is 0.737. The van der Waals surface area contributed by atoms with Gasteiger partial charge in [0.2, 0.25) is 5.78 Å². The first kappa shape index (κ1) is 19.1. The number of hydrogen-bond donors (Lipinski definition) is 0. The van der Waals surface area contributed by atoms with E-state index in [0.717, 1.165) is 0 Å². The summed E-state index contributed by atoms with van der Waals surface area (Å²) in [6.45, 7) is 1.13. The van der Waals surface area contributed by atoms with Gasteiger partial charge in [0, 0.05) is 10.6 Å². The molecule has 5 nitrogen and oxygen atoms in total. The number of halogens is 2. The monoisotopic (exact) mass is 382 g/mol. The van der Waals surface area contributed by atoms with E-state index >= 15 is 0 Å². The van der Waals surface area contributed by atoms with Gasteiger partial charge in [-0.1, -0.05) is 23.2 Å². The number of esters is 1. The van der Waals surface area contributed by atoms with E-state index in [1.54, 1.807) is 36.4 Å². The number of carbonyl (C=O) groups excluding carboxylic acids is 2. The van der Waals surface area contributed by atoms with E-state index in [4.69, 9.17) is 37.4 Å². The summed E-state index contributed by atoms with van der Waals surface area (Å²) in [6.07, 6.45) is -0.940. The summed E-state index contributed by atoms with van der Waals surface area (Å²) < 4.78 is 15.4. The molecular formula is C18H16Cl2O5. The van der Waals surface area contributed by atoms with Crippen LogP contribution in [0.3, 0.4) is 0 Å². The molecule has 0 unspecified atom stereocenters. The van der Waals surface area contributed by atoms with Gasteiger partial charge in [0.25, 0.3) is 0 Å². The van der Waals surface area contributed by atoms with Crippen LogP contribution in [0.1, 0.15) is 17.3 Å². The fourth-order valence-corrected chi connectivity index (χ4v) is 2.47. The van der Waals surface area contributed by atoms with Crippen molar-refractivity contribution in [1.29, 1.82) is 0 Å². The number of Topliss-reactive ketones (excluding diaryl/α,β-unsaturated/α-hetero) is 1. The van der Waals surface area contributed by atoms with Crippen molar-refractivity contribution in [3.8, 4) is 11.5 Å². The zero-order chi connectivity index (χ0) is 18.4. The molecule has 2 aromatic rings. The Labute approximate surface area is 155 Å². The third-order valence-electron chi connectivity index (χ3n) is 3.29. The topological polar surface area (TPSA) is 61.8 Å². The first-order chi connectivity index (χ1) is 11.9. The maximum Gasteiger partial charge on any atom is 0.344 e. The Morgan fingerprint density at radius 2 is 1.76 bits per heavy atom. The average molecular weight is 383 g/mol. The van der Waals surface area contributed by atoms with E-state index in [0.29, 0.717) is 22.1 Å². The molecule has 0 saturated carbocycles. The SMILES string of the molecule is COc1ccc(C(=O)[C@@H](C)OC(=O)COc2ccc(Cl)cc2Cl)cc1. The van der Waals surface area contributed by atoms with E-state index in [1.807, 2.05) is 0 Å². The molecule has 0 heterocycles. The van der Waals surface area contributed by atoms with Gasteiger partial charge in [-0.3, -0.25) is 4.79 Å². The fourth-order valence-electron chi connectivity index (χ4n) is 2.00. The van der Waals surface area contributed by atoms with Crippen molar-refractivity contribution in [2.45, 2.75) is 13.0 Å². The van der Waals surface area contributed by atoms with Crippen molar-refractivity contribution >= 4 is 35.0 Å². The fraction of sp³-hybridized carbons (Fsp3) is 0.222. The number of hydrogen-bond acceptors (Lipinski definition) is 5. The Morgan fingerprint density at radius 3 is 2.36 bits per heavy atom. The number of carbonyl (C=O) groups is 2. The summed E-state index contributed by atoms with van der Waals surface area (Å²) in [6, 6.07) is 11.2. The lowest BCUT2D eigenvalue weighted by atomic mass is 10.1. The Balaban J connectivity index is 1.89. The van der Waals surface area contributed by atoms with Crippen LogP contribution in [0.2, 0.25) is 10.0 Å². The van der Waals surface area contributed by atoms with Gasteiger partial charge in [0.1, 0.15) is 11.5 Å². The highest BCUT2D eigenvalue weighted by molar-refractivity contribution is 6.35. The quantitative estimate of drug-likeness (QED) is 0.530. The van der Waals surface area contributed by atoms with Gasteiger partial charge >= 0.3 is 5.97 Å². The molecule has 0 radical (unpaired) electrons. The Bertz CT molecular complexity index is 759. The van der Waals surface area contributed by atoms with Crippen LogP contribution in [-0.4, -0.2) is 31.6 Å². The van der Waals surface area contributed by atoms with Crippen molar-refractivity contribution in [3.05, 3.63) is 58.1 Å². The second-order valence-electron chi connectivity index (χ2n) is 5.09. The van der Waals surface area contributed by atoms with Crippen LogP contribution in [0.25, 0.3) is 0 Å². The van der Waals surface area contributed by atoms with Crippen LogP contribution in [0.4, 0.5) is 0 Å². The smallest absolute Gasteiger partial charge is 0.344 e. The predicted molar refractivity (Wildman–Crippen MR) is 94.8 cm³/mol. The van der Waals surface area contributed by atoms with Crippen LogP contribution < -0.4 is 9.47 Å². The summed E-state index contributed by atoms with van der Waals surface area (Å²) in [5.74, 6) is -0.0625. The lowest BCUT2D eigenvalue weighted by Crippen LogP contribution is -2.27. The molecule has 0 aliphatic rings. The molecule has 132 valence electrons. The number of ether oxygens (including phenoxy) is 3. The van der Waals surface area contributed by atoms with E-state index in [-0.39, 0.29) is 17.4 Å². The minimum absolute atomic E-state index is 0.280. The lowest BCUT2D eigenvalue weighted by molar-refractivity contribution is -0.148. The molecule has 0 amide bonds. The molecule has 0 aromatic heterocycles. The van der Waals surface area contributed by atoms with Crippen molar-refractivity contribution in [3.63, 3.8) is 0 Å². The first-order valence-electron chi connectivity index (χ1n) is 7.36. The molecule has 0 saturated heterocycles. The van der Waals surface area contributed by atoms with Crippen LogP contribution in [0.5, 0.6) is 11.5 Å². The van der Waals surface area contributed by atoms with Gasteiger partial charge in [0.05, 0.1) is 12.1 Å². The predicted octanol–water partition coefficient (Wildman–Crippen LogP) is 4.20. The second-order valence-corrected chi connectivity index (χ2v) is 5.93. The minimum Gasteiger partial charge on any atom is -0.497 e. The highest BCUT2D eigenvalue weighted by Crippen LogP contribution is 2.27. The van der Waals surface area contributed by atoms with Crippen LogP contribution in [0.15, 0.2) is 42.5 Å². The van der Waals surface area contributed by atoms with Crippen LogP contribution in [0, 0.1) is 0 Å². The number of ketones is 1. The maximum atomic E-state index is 12.3. The van der Waals surface area contributed by atoms with Gasteiger partial charge in [0.15, 0.2) is 12.7 Å². The number of methoxy groups -OCH3 is 1. The number of benzene rings is 2. The normalized spacial score (nSPS) is 11.5. The van der Waals surface area contributed by atoms with E-state index in [1.165, 1.54) is 20.1 Å². The molecule has 0 fully saturated rings. The Hall–Kier alpha value is -2.24. The lowest BCUT2D eigenvalue weighted by Gasteiger charge is -2.13. The second kappa shape index (κ2) is 8.74. The minimum atomic E-state index is -0.940. The van der Waals surface area contributed by atoms with Gasteiger partial charge in [-0.25, -0.2) is 4.79 Å². The largest absolute Gasteiger partial charge is 0.497 e. The van der Waals surface area contributed by atoms with Gasteiger partial charge in [-0.05, 0) is 49.4 Å². The summed E-state index contributed by atoms with van der Waals surface area (Å²) in [7, 11) is 1.54. The van der Waals surface area contributed by atoms with Crippen molar-refractivity contribution in [1.82, 2.24) is 0 Å². The van der Waals surface area contributed by atoms with Crippen LogP contribution in [-0.2, 0) is 9.53 Å². The molecule has 1 atom stereocenters. The average Bonchev–Trinajstić information content (AvgIpc) is 2.60. The standard InChI is InChI=1S/C18H16Cl2O5/c1-11(18(22)12-3-6-14(23-2)7-4-12)25-17(21)10-24-16-8-5-13(19)9-15(16)20/h3-9,11H,10H2,1-2H3/t11-/m1/s1. The molecule has 0 aliphatic heterocycles. The van der Waals surface area contributed by atoms with E-state index in [2.05, 4.69) is 0 Å². The van der Waals surface area contributed by atoms with Crippen molar-refractivity contribution in [2.24, 2.45) is 0 Å². The molecule has 2 rings (SSSR count).